The maximum absolute atomic E-state index is 13.7. The highest BCUT2D eigenvalue weighted by Crippen LogP contribution is 2.36. The van der Waals surface area contributed by atoms with Gasteiger partial charge in [0.1, 0.15) is 10.8 Å². The van der Waals surface area contributed by atoms with E-state index in [9.17, 15) is 26.8 Å². The van der Waals surface area contributed by atoms with E-state index in [2.05, 4.69) is 9.88 Å². The van der Waals surface area contributed by atoms with Crippen LogP contribution in [0.2, 0.25) is 0 Å². The normalized spacial score (nSPS) is 23.2. The lowest BCUT2D eigenvalue weighted by molar-refractivity contribution is -0.547. The molecule has 0 aromatic carbocycles. The van der Waals surface area contributed by atoms with Gasteiger partial charge in [-0.3, -0.25) is 0 Å². The third-order valence-corrected chi connectivity index (χ3v) is 6.94. The molecule has 30 heavy (non-hydrogen) atoms. The van der Waals surface area contributed by atoms with Gasteiger partial charge in [-0.15, -0.1) is 9.48 Å². The van der Waals surface area contributed by atoms with Gasteiger partial charge in [-0.25, -0.2) is 17.9 Å². The lowest BCUT2D eigenvalue weighted by atomic mass is 9.99. The Balaban J connectivity index is 1.73. The van der Waals surface area contributed by atoms with Crippen molar-refractivity contribution in [2.24, 2.45) is 0 Å². The fourth-order valence-electron chi connectivity index (χ4n) is 3.31. The van der Waals surface area contributed by atoms with E-state index < -0.39 is 45.8 Å². The minimum absolute atomic E-state index is 0.131. The molecule has 9 nitrogen and oxygen atoms in total. The second-order valence-corrected chi connectivity index (χ2v) is 9.59. The number of fused-ring (bicyclic) bond motifs is 1. The largest absolute Gasteiger partial charge is 0.506 e. The molecule has 1 atom stereocenters. The van der Waals surface area contributed by atoms with E-state index in [1.807, 2.05) is 0 Å². The van der Waals surface area contributed by atoms with Crippen LogP contribution in [0, 0.1) is 6.92 Å². The lowest BCUT2D eigenvalue weighted by Gasteiger charge is -2.25. The van der Waals surface area contributed by atoms with Crippen molar-refractivity contribution in [3.8, 4) is 0 Å². The molecule has 0 spiro atoms. The van der Waals surface area contributed by atoms with E-state index in [1.165, 1.54) is 12.1 Å². The highest BCUT2D eigenvalue weighted by molar-refractivity contribution is 7.90. The van der Waals surface area contributed by atoms with E-state index in [0.29, 0.717) is 23.4 Å². The van der Waals surface area contributed by atoms with Gasteiger partial charge < -0.3 is 4.52 Å². The summed E-state index contributed by atoms with van der Waals surface area (Å²) in [5, 5.41) is 2.41. The Labute approximate surface area is 170 Å². The van der Waals surface area contributed by atoms with Gasteiger partial charge in [-0.2, -0.15) is 13.6 Å². The van der Waals surface area contributed by atoms with Crippen molar-refractivity contribution in [3.63, 3.8) is 0 Å². The molecule has 0 bridgehead atoms. The van der Waals surface area contributed by atoms with Crippen molar-refractivity contribution in [2.75, 3.05) is 0 Å². The van der Waals surface area contributed by atoms with Crippen molar-refractivity contribution >= 4 is 27.7 Å². The Morgan fingerprint density at radius 3 is 2.67 bits per heavy atom. The molecule has 12 heteroatoms. The van der Waals surface area contributed by atoms with Gasteiger partial charge in [0.25, 0.3) is 0 Å². The second-order valence-electron chi connectivity index (χ2n) is 7.75. The van der Waals surface area contributed by atoms with Crippen LogP contribution in [0.3, 0.4) is 0 Å². The fraction of sp³-hybridized carbons (Fsp3) is 0.444. The summed E-state index contributed by atoms with van der Waals surface area (Å²) in [6.07, 6.45) is 4.72. The molecule has 1 unspecified atom stereocenters. The molecule has 0 saturated heterocycles. The zero-order chi connectivity index (χ0) is 21.8. The first-order valence-corrected chi connectivity index (χ1v) is 10.7. The number of aryl methyl sites for hydroxylation is 1. The van der Waals surface area contributed by atoms with Crippen LogP contribution < -0.4 is 4.72 Å². The first-order chi connectivity index (χ1) is 14.0. The molecule has 1 aromatic heterocycles. The van der Waals surface area contributed by atoms with E-state index in [-0.39, 0.29) is 21.6 Å². The molecule has 2 aliphatic carbocycles. The average molecular weight is 441 g/mol. The molecule has 4 rings (SSSR count). The molecule has 0 radical (unpaired) electrons. The summed E-state index contributed by atoms with van der Waals surface area (Å²) >= 11 is 0. The number of sulfonamides is 1. The number of carbonyl (C=O) groups is 2. The van der Waals surface area contributed by atoms with Crippen LogP contribution in [-0.2, 0) is 21.4 Å². The van der Waals surface area contributed by atoms with E-state index in [4.69, 9.17) is 4.52 Å². The maximum atomic E-state index is 13.7. The summed E-state index contributed by atoms with van der Waals surface area (Å²) < 4.78 is 60.4. The highest BCUT2D eigenvalue weighted by Gasteiger charge is 2.50. The number of nitrogens with zero attached hydrogens (tertiary/aromatic N) is 3. The molecule has 1 N–H and O–H groups in total. The Hall–Kier alpha value is -2.73. The van der Waals surface area contributed by atoms with Crippen molar-refractivity contribution < 1.29 is 35.9 Å². The van der Waals surface area contributed by atoms with Crippen molar-refractivity contribution in [1.82, 2.24) is 14.8 Å². The van der Waals surface area contributed by atoms with Gasteiger partial charge in [-0.1, -0.05) is 11.2 Å². The third-order valence-electron chi connectivity index (χ3n) is 5.16. The number of urea groups is 1. The SMILES string of the molecule is Cc1cc(CN2C(=O)C3=CC(S(=O)(=O)NC4(C)CC4)C=CC3=[N+](C(F)F)C2=O)on1. The first kappa shape index (κ1) is 20.5. The summed E-state index contributed by atoms with van der Waals surface area (Å²) in [6, 6.07) is 0.237. The van der Waals surface area contributed by atoms with E-state index in [1.54, 1.807) is 13.8 Å². The Bertz CT molecular complexity index is 1130. The van der Waals surface area contributed by atoms with E-state index in [0.717, 1.165) is 12.2 Å². The Morgan fingerprint density at radius 2 is 2.10 bits per heavy atom. The molecule has 3 amide bonds. The molecule has 2 heterocycles. The van der Waals surface area contributed by atoms with Crippen LogP contribution >= 0.6 is 0 Å². The number of carbonyl (C=O) groups excluding carboxylic acids is 2. The van der Waals surface area contributed by atoms with Gasteiger partial charge in [-0.05, 0) is 38.8 Å². The van der Waals surface area contributed by atoms with Crippen LogP contribution in [0.1, 0.15) is 31.2 Å². The number of hydrogen-bond acceptors (Lipinski definition) is 6. The van der Waals surface area contributed by atoms with Crippen LogP contribution in [-0.4, -0.2) is 58.0 Å². The molecule has 1 aromatic rings. The summed E-state index contributed by atoms with van der Waals surface area (Å²) in [5.74, 6) is -0.755. The minimum atomic E-state index is -3.89. The molecular formula is C18H19F2N4O5S+. The molecular weight excluding hydrogens is 422 g/mol. The van der Waals surface area contributed by atoms with E-state index >= 15 is 0 Å². The third kappa shape index (κ3) is 3.60. The summed E-state index contributed by atoms with van der Waals surface area (Å²) in [6.45, 7) is -0.263. The van der Waals surface area contributed by atoms with Gasteiger partial charge in [0.15, 0.2) is 18.0 Å². The molecule has 1 saturated carbocycles. The predicted octanol–water partition coefficient (Wildman–Crippen LogP) is 1.46. The Kier molecular flexibility index (Phi) is 4.73. The molecule has 3 aliphatic rings. The number of hydrogen-bond donors (Lipinski definition) is 1. The summed E-state index contributed by atoms with van der Waals surface area (Å²) in [7, 11) is -3.89. The number of rotatable bonds is 6. The number of alkyl halides is 2. The number of imide groups is 1. The zero-order valence-electron chi connectivity index (χ0n) is 16.1. The number of amides is 3. The number of halogens is 2. The van der Waals surface area contributed by atoms with Crippen LogP contribution in [0.4, 0.5) is 13.6 Å². The van der Waals surface area contributed by atoms with Crippen LogP contribution in [0.5, 0.6) is 0 Å². The lowest BCUT2D eigenvalue weighted by Crippen LogP contribution is -2.53. The van der Waals surface area contributed by atoms with Crippen molar-refractivity contribution in [1.29, 1.82) is 0 Å². The first-order valence-electron chi connectivity index (χ1n) is 9.16. The van der Waals surface area contributed by atoms with Gasteiger partial charge in [0.2, 0.25) is 10.0 Å². The zero-order valence-corrected chi connectivity index (χ0v) is 16.9. The molecule has 1 fully saturated rings. The Morgan fingerprint density at radius 1 is 1.40 bits per heavy atom. The van der Waals surface area contributed by atoms with Crippen LogP contribution in [0.15, 0.2) is 34.4 Å². The predicted molar refractivity (Wildman–Crippen MR) is 99.2 cm³/mol. The summed E-state index contributed by atoms with van der Waals surface area (Å²) in [5.41, 5.74) is -0.670. The smallest absolute Gasteiger partial charge is 0.357 e. The number of aromatic nitrogens is 1. The average Bonchev–Trinajstić information content (AvgIpc) is 3.22. The summed E-state index contributed by atoms with van der Waals surface area (Å²) in [4.78, 5) is 26.1. The quantitative estimate of drug-likeness (QED) is 0.528. The highest BCUT2D eigenvalue weighted by atomic mass is 32.2. The van der Waals surface area contributed by atoms with Crippen molar-refractivity contribution in [3.05, 3.63) is 41.3 Å². The van der Waals surface area contributed by atoms with Gasteiger partial charge in [0, 0.05) is 11.6 Å². The monoisotopic (exact) mass is 441 g/mol. The minimum Gasteiger partial charge on any atom is -0.357 e. The maximum Gasteiger partial charge on any atom is 0.506 e. The number of nitrogens with one attached hydrogen (secondary N) is 1. The number of allylic oxidation sites excluding steroid dienone is 1. The van der Waals surface area contributed by atoms with Gasteiger partial charge >= 0.3 is 18.5 Å². The molecule has 1 aliphatic heterocycles. The van der Waals surface area contributed by atoms with Crippen molar-refractivity contribution in [2.45, 2.75) is 50.6 Å². The molecule has 160 valence electrons. The fourth-order valence-corrected chi connectivity index (χ4v) is 4.93. The van der Waals surface area contributed by atoms with Gasteiger partial charge in [0.05, 0.1) is 5.69 Å². The topological polar surface area (TPSA) is 113 Å². The standard InChI is InChI=1S/C18H19F2N4O5S/c1-10-7-11(29-21-10)9-23-15(25)13-8-12(30(27,28)22-18(2)5-6-18)3-4-14(13)24(16(19)20)17(23)26/h3-4,7-8,12,16,22H,5-6,9H2,1-2H3/q+1. The van der Waals surface area contributed by atoms with Crippen LogP contribution in [0.25, 0.3) is 0 Å². The second kappa shape index (κ2) is 6.91.